The molecule has 0 amide bonds. The number of aliphatic hydroxyl groups is 2. The van der Waals surface area contributed by atoms with Gasteiger partial charge in [0.05, 0.1) is 25.3 Å². The molecule has 2 atom stereocenters. The van der Waals surface area contributed by atoms with Crippen molar-refractivity contribution in [3.8, 4) is 0 Å². The van der Waals surface area contributed by atoms with Crippen molar-refractivity contribution in [3.63, 3.8) is 0 Å². The van der Waals surface area contributed by atoms with Crippen molar-refractivity contribution in [1.82, 2.24) is 4.98 Å². The van der Waals surface area contributed by atoms with E-state index in [1.165, 1.54) is 5.38 Å². The molecule has 8 heteroatoms. The van der Waals surface area contributed by atoms with Crippen molar-refractivity contribution in [1.29, 1.82) is 0 Å². The van der Waals surface area contributed by atoms with E-state index in [0.717, 1.165) is 18.4 Å². The lowest BCUT2D eigenvalue weighted by Crippen LogP contribution is -2.24. The van der Waals surface area contributed by atoms with E-state index in [-0.39, 0.29) is 10.7 Å². The second-order valence-electron chi connectivity index (χ2n) is 3.16. The maximum atomic E-state index is 10.9. The summed E-state index contributed by atoms with van der Waals surface area (Å²) >= 11 is 0.768. The van der Waals surface area contributed by atoms with Gasteiger partial charge in [-0.05, 0) is 0 Å². The Labute approximate surface area is 100 Å². The molecule has 1 heterocycles. The fraction of sp³-hybridized carbons (Fsp3) is 0.444. The summed E-state index contributed by atoms with van der Waals surface area (Å²) in [6.45, 7) is 0. The molecule has 2 N–H and O–H groups in total. The zero-order valence-electron chi connectivity index (χ0n) is 8.82. The van der Waals surface area contributed by atoms with Gasteiger partial charge >= 0.3 is 5.97 Å². The van der Waals surface area contributed by atoms with Crippen LogP contribution >= 0.6 is 11.3 Å². The van der Waals surface area contributed by atoms with Gasteiger partial charge in [0.1, 0.15) is 17.1 Å². The first-order valence-corrected chi connectivity index (χ1v) is 5.43. The van der Waals surface area contributed by atoms with E-state index in [4.69, 9.17) is 0 Å². The van der Waals surface area contributed by atoms with Crippen molar-refractivity contribution in [3.05, 3.63) is 16.1 Å². The summed E-state index contributed by atoms with van der Waals surface area (Å²) in [7, 11) is 1.15. The van der Waals surface area contributed by atoms with Gasteiger partial charge in [-0.25, -0.2) is 4.98 Å². The number of rotatable bonds is 5. The number of aromatic carboxylic acids is 1. The lowest BCUT2D eigenvalue weighted by atomic mass is 10.1. The standard InChI is InChI=1S/C9H11NO6S/c1-16-6(12)2-5(11)7(13)4-3-17-8(10-4)9(14)15/h3,5,7,11,13H,2H2,1H3,(H,14,15)/p-1. The third kappa shape index (κ3) is 3.48. The van der Waals surface area contributed by atoms with Crippen LogP contribution in [0.2, 0.25) is 0 Å². The molecule has 1 aromatic rings. The molecule has 0 fully saturated rings. The number of ether oxygens (including phenoxy) is 1. The molecule has 0 saturated carbocycles. The maximum Gasteiger partial charge on any atom is 0.308 e. The van der Waals surface area contributed by atoms with Crippen molar-refractivity contribution >= 4 is 23.3 Å². The summed E-state index contributed by atoms with van der Waals surface area (Å²) in [5.41, 5.74) is -0.0226. The Morgan fingerprint density at radius 3 is 2.71 bits per heavy atom. The molecule has 17 heavy (non-hydrogen) atoms. The molecule has 0 saturated heterocycles. The lowest BCUT2D eigenvalue weighted by molar-refractivity contribution is -0.255. The van der Waals surface area contributed by atoms with Gasteiger partial charge in [0.25, 0.3) is 0 Å². The summed E-state index contributed by atoms with van der Waals surface area (Å²) in [5, 5.41) is 30.5. The minimum Gasteiger partial charge on any atom is -0.542 e. The molecule has 0 aliphatic rings. The van der Waals surface area contributed by atoms with Crippen LogP contribution in [0.25, 0.3) is 0 Å². The lowest BCUT2D eigenvalue weighted by Gasteiger charge is -2.14. The van der Waals surface area contributed by atoms with Crippen LogP contribution in [0.15, 0.2) is 5.38 Å². The molecule has 0 aromatic carbocycles. The summed E-state index contributed by atoms with van der Waals surface area (Å²) in [4.78, 5) is 24.9. The highest BCUT2D eigenvalue weighted by molar-refractivity contribution is 7.11. The predicted octanol–water partition coefficient (Wildman–Crippen LogP) is -1.54. The number of carbonyl (C=O) groups is 2. The van der Waals surface area contributed by atoms with E-state index in [9.17, 15) is 24.9 Å². The van der Waals surface area contributed by atoms with Gasteiger partial charge in [-0.1, -0.05) is 0 Å². The molecular weight excluding hydrogens is 250 g/mol. The molecule has 0 radical (unpaired) electrons. The van der Waals surface area contributed by atoms with Crippen molar-refractivity contribution in [2.75, 3.05) is 7.11 Å². The Hall–Kier alpha value is -1.51. The first kappa shape index (κ1) is 13.6. The van der Waals surface area contributed by atoms with Gasteiger partial charge in [-0.15, -0.1) is 11.3 Å². The largest absolute Gasteiger partial charge is 0.542 e. The topological polar surface area (TPSA) is 120 Å². The van der Waals surface area contributed by atoms with Crippen molar-refractivity contribution in [2.24, 2.45) is 0 Å². The second-order valence-corrected chi connectivity index (χ2v) is 4.02. The van der Waals surface area contributed by atoms with Gasteiger partial charge in [-0.3, -0.25) is 4.79 Å². The fourth-order valence-corrected chi connectivity index (χ4v) is 1.76. The van der Waals surface area contributed by atoms with Crippen molar-refractivity contribution < 1.29 is 29.6 Å². The average molecular weight is 260 g/mol. The van der Waals surface area contributed by atoms with E-state index in [1.807, 2.05) is 0 Å². The summed E-state index contributed by atoms with van der Waals surface area (Å²) in [5.74, 6) is -2.15. The highest BCUT2D eigenvalue weighted by atomic mass is 32.1. The molecule has 0 spiro atoms. The molecular formula is C9H10NO6S-. The maximum absolute atomic E-state index is 10.9. The number of carbonyl (C=O) groups excluding carboxylic acids is 2. The Balaban J connectivity index is 2.70. The third-order valence-corrected chi connectivity index (χ3v) is 2.81. The molecule has 94 valence electrons. The van der Waals surface area contributed by atoms with Gasteiger partial charge in [0, 0.05) is 5.38 Å². The molecule has 1 rings (SSSR count). The van der Waals surface area contributed by atoms with Crippen LogP contribution in [0, 0.1) is 0 Å². The number of esters is 1. The van der Waals surface area contributed by atoms with Gasteiger partial charge in [0.2, 0.25) is 0 Å². The Morgan fingerprint density at radius 2 is 2.24 bits per heavy atom. The quantitative estimate of drug-likeness (QED) is 0.616. The number of nitrogens with zero attached hydrogens (tertiary/aromatic N) is 1. The van der Waals surface area contributed by atoms with Crippen LogP contribution in [0.5, 0.6) is 0 Å². The van der Waals surface area contributed by atoms with Crippen molar-refractivity contribution in [2.45, 2.75) is 18.6 Å². The summed E-state index contributed by atoms with van der Waals surface area (Å²) < 4.78 is 4.32. The van der Waals surface area contributed by atoms with E-state index < -0.39 is 30.6 Å². The van der Waals surface area contributed by atoms with Gasteiger partial charge in [0.15, 0.2) is 0 Å². The Kier molecular flexibility index (Phi) is 4.55. The van der Waals surface area contributed by atoms with E-state index in [1.54, 1.807) is 0 Å². The summed E-state index contributed by atoms with van der Waals surface area (Å²) in [6, 6.07) is 0. The molecule has 0 bridgehead atoms. The predicted molar refractivity (Wildman–Crippen MR) is 54.0 cm³/mol. The SMILES string of the molecule is COC(=O)CC(O)C(O)c1csc(C(=O)[O-])n1. The minimum absolute atomic E-state index is 0.0226. The first-order valence-electron chi connectivity index (χ1n) is 4.55. The van der Waals surface area contributed by atoms with Crippen LogP contribution in [0.1, 0.15) is 28.0 Å². The third-order valence-electron chi connectivity index (χ3n) is 1.97. The number of aromatic nitrogens is 1. The smallest absolute Gasteiger partial charge is 0.308 e. The number of hydrogen-bond donors (Lipinski definition) is 2. The molecule has 2 unspecified atom stereocenters. The monoisotopic (exact) mass is 260 g/mol. The molecule has 0 aliphatic heterocycles. The number of thiazole rings is 1. The number of carboxylic acid groups (broad SMARTS) is 1. The van der Waals surface area contributed by atoms with Crippen LogP contribution in [-0.4, -0.2) is 40.3 Å². The van der Waals surface area contributed by atoms with E-state index in [2.05, 4.69) is 9.72 Å². The summed E-state index contributed by atoms with van der Waals surface area (Å²) in [6.07, 6.45) is -3.26. The van der Waals surface area contributed by atoms with Crippen LogP contribution < -0.4 is 5.11 Å². The zero-order valence-corrected chi connectivity index (χ0v) is 9.64. The van der Waals surface area contributed by atoms with Gasteiger partial charge in [-0.2, -0.15) is 0 Å². The van der Waals surface area contributed by atoms with Crippen LogP contribution in [-0.2, 0) is 9.53 Å². The number of carboxylic acids is 1. The number of aliphatic hydroxyl groups excluding tert-OH is 2. The second kappa shape index (κ2) is 5.71. The van der Waals surface area contributed by atoms with E-state index in [0.29, 0.717) is 0 Å². The number of hydrogen-bond acceptors (Lipinski definition) is 8. The fourth-order valence-electron chi connectivity index (χ4n) is 1.08. The molecule has 0 aliphatic carbocycles. The highest BCUT2D eigenvalue weighted by Gasteiger charge is 2.24. The molecule has 1 aromatic heterocycles. The highest BCUT2D eigenvalue weighted by Crippen LogP contribution is 2.21. The average Bonchev–Trinajstić information content (AvgIpc) is 2.77. The Morgan fingerprint density at radius 1 is 1.59 bits per heavy atom. The van der Waals surface area contributed by atoms with Crippen LogP contribution in [0.3, 0.4) is 0 Å². The van der Waals surface area contributed by atoms with E-state index >= 15 is 0 Å². The normalized spacial score (nSPS) is 14.1. The minimum atomic E-state index is -1.46. The van der Waals surface area contributed by atoms with Gasteiger partial charge < -0.3 is 24.9 Å². The molecule has 7 nitrogen and oxygen atoms in total. The Bertz CT molecular complexity index is 417. The number of methoxy groups -OCH3 is 1. The van der Waals surface area contributed by atoms with Crippen LogP contribution in [0.4, 0.5) is 0 Å². The first-order chi connectivity index (χ1) is 7.95. The zero-order chi connectivity index (χ0) is 13.0.